The van der Waals surface area contributed by atoms with Crippen molar-refractivity contribution in [3.63, 3.8) is 0 Å². The topological polar surface area (TPSA) is 148 Å². The molecule has 2 aliphatic heterocycles. The van der Waals surface area contributed by atoms with Crippen molar-refractivity contribution in [1.29, 1.82) is 0 Å². The predicted octanol–water partition coefficient (Wildman–Crippen LogP) is 5.08. The van der Waals surface area contributed by atoms with Crippen molar-refractivity contribution in [1.82, 2.24) is 15.2 Å². The van der Waals surface area contributed by atoms with E-state index in [4.69, 9.17) is 13.6 Å². The van der Waals surface area contributed by atoms with E-state index in [1.807, 2.05) is 51.7 Å². The Hall–Kier alpha value is -3.14. The number of rotatable bonds is 5. The molecule has 0 saturated carbocycles. The summed E-state index contributed by atoms with van der Waals surface area (Å²) in [5.41, 5.74) is 1.02. The number of aliphatic hydroxyl groups is 1. The third-order valence-corrected chi connectivity index (χ3v) is 16.0. The van der Waals surface area contributed by atoms with Gasteiger partial charge in [0.25, 0.3) is 5.91 Å². The first-order chi connectivity index (χ1) is 23.1. The summed E-state index contributed by atoms with van der Waals surface area (Å²) in [5.74, 6) is -2.09. The summed E-state index contributed by atoms with van der Waals surface area (Å²) in [5, 5.41) is 13.2. The molecule has 2 bridgehead atoms. The number of nitrogens with one attached hydrogen (secondary N) is 1. The van der Waals surface area contributed by atoms with Crippen LogP contribution in [0.1, 0.15) is 77.2 Å². The molecule has 2 N–H and O–H groups in total. The fraction of sp³-hybridized carbons (Fsp3) is 0.649. The number of ketones is 1. The summed E-state index contributed by atoms with van der Waals surface area (Å²) < 4.78 is 18.9. The Morgan fingerprint density at radius 1 is 1.12 bits per heavy atom. The number of hydrogen-bond acceptors (Lipinski definition) is 9. The molecule has 1 aromatic heterocycles. The zero-order valence-corrected chi connectivity index (χ0v) is 33.9. The lowest BCUT2D eigenvalue weighted by Crippen LogP contribution is -2.48. The summed E-state index contributed by atoms with van der Waals surface area (Å²) in [7, 11) is -4.54. The molecule has 1 aromatic rings. The number of aliphatic hydroxyl groups excluding tert-OH is 1. The van der Waals surface area contributed by atoms with Crippen molar-refractivity contribution in [2.45, 2.75) is 123 Å². The number of cyclic esters (lactones) is 1. The maximum atomic E-state index is 14.1. The SMILES string of the molecule is CC1=C\[C@@H](O[Si](C)(C)C(C)(C)C)CC(=O)Cc2nc(c([Si](C)(C)C)o2)C(=O)N2CCC[C@@H]2C(=O)O[C@H](C(C)CO)[C@H](C)/C=C/C(=O)NC\C=C\1. The summed E-state index contributed by atoms with van der Waals surface area (Å²) >= 11 is 0. The standard InChI is InChI=1S/C37H59N3O8Si2/c1-24-14-12-18-38-30(43)17-16-25(2)33(26(3)23-41)47-35(45)29-15-13-19-40(29)34(44)32-36(49(7,8)9)46-31(39-32)22-27(42)21-28(20-24)48-50(10,11)37(4,5)6/h12,14,16-17,20,25-26,28-29,33,41H,13,15,18-19,21-23H2,1-11H3,(H,38,43)/b14-12+,17-16+,24-20+/t25-,26?,28-,29-,33+/m1/s1. The Kier molecular flexibility index (Phi) is 14.0. The second-order valence-electron chi connectivity index (χ2n) is 16.4. The van der Waals surface area contributed by atoms with Crippen LogP contribution in [0.15, 0.2) is 40.4 Å². The summed E-state index contributed by atoms with van der Waals surface area (Å²) in [6.07, 6.45) is 8.51. The van der Waals surface area contributed by atoms with Gasteiger partial charge in [0.2, 0.25) is 11.8 Å². The minimum Gasteiger partial charge on any atom is -0.460 e. The Bertz CT molecular complexity index is 1480. The maximum Gasteiger partial charge on any atom is 0.329 e. The average Bonchev–Trinajstić information content (AvgIpc) is 3.67. The number of nitrogens with zero attached hydrogens (tertiary/aromatic N) is 2. The molecule has 1 saturated heterocycles. The van der Waals surface area contributed by atoms with E-state index in [2.05, 4.69) is 44.2 Å². The van der Waals surface area contributed by atoms with Crippen molar-refractivity contribution in [3.05, 3.63) is 47.5 Å². The number of hydrogen-bond donors (Lipinski definition) is 2. The monoisotopic (exact) mass is 729 g/mol. The minimum absolute atomic E-state index is 0.0806. The predicted molar refractivity (Wildman–Crippen MR) is 199 cm³/mol. The number of esters is 1. The summed E-state index contributed by atoms with van der Waals surface area (Å²) in [6.45, 7) is 22.8. The van der Waals surface area contributed by atoms with Crippen LogP contribution in [-0.2, 0) is 30.0 Å². The van der Waals surface area contributed by atoms with Crippen LogP contribution in [0.5, 0.6) is 0 Å². The maximum absolute atomic E-state index is 14.1. The molecule has 0 spiro atoms. The van der Waals surface area contributed by atoms with Gasteiger partial charge in [0.15, 0.2) is 14.0 Å². The van der Waals surface area contributed by atoms with Gasteiger partial charge in [0, 0.05) is 38.0 Å². The van der Waals surface area contributed by atoms with Crippen LogP contribution in [0, 0.1) is 11.8 Å². The zero-order valence-electron chi connectivity index (χ0n) is 31.9. The summed E-state index contributed by atoms with van der Waals surface area (Å²) in [4.78, 5) is 60.2. The first-order valence-electron chi connectivity index (χ1n) is 17.8. The molecule has 50 heavy (non-hydrogen) atoms. The fourth-order valence-electron chi connectivity index (χ4n) is 5.86. The first-order valence-corrected chi connectivity index (χ1v) is 24.2. The molecule has 2 amide bonds. The molecular formula is C37H59N3O8Si2. The Labute approximate surface area is 300 Å². The van der Waals surface area contributed by atoms with Crippen LogP contribution in [-0.4, -0.2) is 92.9 Å². The number of ether oxygens (including phenoxy) is 1. The summed E-state index contributed by atoms with van der Waals surface area (Å²) in [6, 6.07) is -0.844. The molecular weight excluding hydrogens is 671 g/mol. The number of carbonyl (C=O) groups excluding carboxylic acids is 4. The van der Waals surface area contributed by atoms with Crippen LogP contribution >= 0.6 is 0 Å². The number of allylic oxidation sites excluding steroid dienone is 2. The second-order valence-corrected chi connectivity index (χ2v) is 26.1. The van der Waals surface area contributed by atoms with Gasteiger partial charge in [-0.15, -0.1) is 0 Å². The van der Waals surface area contributed by atoms with Crippen molar-refractivity contribution in [3.8, 4) is 0 Å². The van der Waals surface area contributed by atoms with E-state index in [0.717, 1.165) is 5.57 Å². The lowest BCUT2D eigenvalue weighted by molar-refractivity contribution is -0.159. The van der Waals surface area contributed by atoms with Gasteiger partial charge in [-0.25, -0.2) is 9.78 Å². The number of amides is 2. The molecule has 1 unspecified atom stereocenters. The van der Waals surface area contributed by atoms with Crippen molar-refractivity contribution >= 4 is 45.3 Å². The quantitative estimate of drug-likeness (QED) is 0.313. The van der Waals surface area contributed by atoms with Gasteiger partial charge in [-0.2, -0.15) is 0 Å². The number of carbonyl (C=O) groups is 4. The van der Waals surface area contributed by atoms with Gasteiger partial charge in [-0.05, 0) is 44.0 Å². The Morgan fingerprint density at radius 2 is 1.80 bits per heavy atom. The van der Waals surface area contributed by atoms with Crippen molar-refractivity contribution < 1.29 is 37.9 Å². The van der Waals surface area contributed by atoms with Gasteiger partial charge in [0.05, 0.1) is 12.5 Å². The van der Waals surface area contributed by atoms with Crippen LogP contribution in [0.4, 0.5) is 0 Å². The highest BCUT2D eigenvalue weighted by molar-refractivity contribution is 6.88. The van der Waals surface area contributed by atoms with E-state index >= 15 is 0 Å². The molecule has 3 heterocycles. The number of Topliss-reactive ketones (excluding diaryl/α,β-unsaturated/α-hetero) is 1. The molecule has 2 aliphatic rings. The zero-order chi connectivity index (χ0) is 37.6. The largest absolute Gasteiger partial charge is 0.460 e. The third-order valence-electron chi connectivity index (χ3n) is 9.76. The van der Waals surface area contributed by atoms with Gasteiger partial charge in [-0.1, -0.05) is 84.1 Å². The van der Waals surface area contributed by atoms with Gasteiger partial charge < -0.3 is 28.9 Å². The molecule has 0 aromatic carbocycles. The molecule has 0 radical (unpaired) electrons. The van der Waals surface area contributed by atoms with Gasteiger partial charge >= 0.3 is 5.97 Å². The van der Waals surface area contributed by atoms with Gasteiger partial charge in [-0.3, -0.25) is 14.4 Å². The van der Waals surface area contributed by atoms with E-state index in [-0.39, 0.29) is 54.3 Å². The fourth-order valence-corrected chi connectivity index (χ4v) is 8.42. The highest BCUT2D eigenvalue weighted by atomic mass is 28.4. The Balaban J connectivity index is 2.07. The van der Waals surface area contributed by atoms with Crippen molar-refractivity contribution in [2.24, 2.45) is 11.8 Å². The number of aromatic nitrogens is 1. The average molecular weight is 730 g/mol. The van der Waals surface area contributed by atoms with Gasteiger partial charge in [0.1, 0.15) is 31.4 Å². The molecule has 1 fully saturated rings. The number of oxazole rings is 1. The molecule has 13 heteroatoms. The highest BCUT2D eigenvalue weighted by Gasteiger charge is 2.42. The van der Waals surface area contributed by atoms with Crippen LogP contribution < -0.4 is 10.7 Å². The smallest absolute Gasteiger partial charge is 0.329 e. The van der Waals surface area contributed by atoms with E-state index in [1.54, 1.807) is 13.0 Å². The van der Waals surface area contributed by atoms with E-state index < -0.39 is 58.4 Å². The van der Waals surface area contributed by atoms with Crippen molar-refractivity contribution in [2.75, 3.05) is 19.7 Å². The normalized spacial score (nSPS) is 27.1. The van der Waals surface area contributed by atoms with Crippen LogP contribution in [0.3, 0.4) is 0 Å². The highest BCUT2D eigenvalue weighted by Crippen LogP contribution is 2.38. The molecule has 278 valence electrons. The van der Waals surface area contributed by atoms with Crippen LogP contribution in [0.2, 0.25) is 37.8 Å². The second kappa shape index (κ2) is 16.9. The van der Waals surface area contributed by atoms with E-state index in [1.165, 1.54) is 11.0 Å². The molecule has 11 nitrogen and oxygen atoms in total. The first kappa shape index (κ1) is 41.3. The minimum atomic E-state index is -2.27. The molecule has 3 rings (SSSR count). The third kappa shape index (κ3) is 10.9. The van der Waals surface area contributed by atoms with E-state index in [0.29, 0.717) is 24.8 Å². The lowest BCUT2D eigenvalue weighted by atomic mass is 9.93. The molecule has 0 aliphatic carbocycles. The van der Waals surface area contributed by atoms with Crippen LogP contribution in [0.25, 0.3) is 0 Å². The molecule has 5 atom stereocenters. The van der Waals surface area contributed by atoms with E-state index in [9.17, 15) is 24.3 Å². The Morgan fingerprint density at radius 3 is 2.42 bits per heavy atom. The number of fused-ring (bicyclic) bond motifs is 3. The lowest BCUT2D eigenvalue weighted by Gasteiger charge is -2.38.